The van der Waals surface area contributed by atoms with E-state index >= 15 is 0 Å². The normalized spacial score (nSPS) is 23.4. The molecule has 0 aromatic heterocycles. The molecule has 1 heterocycles. The molecule has 4 heteroatoms. The van der Waals surface area contributed by atoms with Gasteiger partial charge in [0.15, 0.2) is 0 Å². The van der Waals surface area contributed by atoms with E-state index in [2.05, 4.69) is 10.6 Å². The summed E-state index contributed by atoms with van der Waals surface area (Å²) in [6.07, 6.45) is 5.56. The van der Waals surface area contributed by atoms with Gasteiger partial charge in [0.05, 0.1) is 5.25 Å². The molecule has 1 amide bonds. The summed E-state index contributed by atoms with van der Waals surface area (Å²) in [6.45, 7) is 3.88. The second-order valence-corrected chi connectivity index (χ2v) is 4.93. The third-order valence-corrected chi connectivity index (χ3v) is 3.60. The van der Waals surface area contributed by atoms with Crippen LogP contribution in [0.5, 0.6) is 0 Å². The van der Waals surface area contributed by atoms with Crippen LogP contribution in [0.3, 0.4) is 0 Å². The van der Waals surface area contributed by atoms with Gasteiger partial charge in [-0.3, -0.25) is 4.79 Å². The van der Waals surface area contributed by atoms with Gasteiger partial charge in [-0.15, -0.1) is 0 Å². The van der Waals surface area contributed by atoms with Crippen molar-refractivity contribution in [3.05, 3.63) is 0 Å². The molecule has 0 spiro atoms. The highest BCUT2D eigenvalue weighted by Gasteiger charge is 2.15. The maximum absolute atomic E-state index is 11.4. The van der Waals surface area contributed by atoms with E-state index in [1.807, 2.05) is 13.2 Å². The van der Waals surface area contributed by atoms with Crippen LogP contribution in [0, 0.1) is 0 Å². The minimum Gasteiger partial charge on any atom is -0.355 e. The van der Waals surface area contributed by atoms with Crippen LogP contribution in [0.15, 0.2) is 0 Å². The van der Waals surface area contributed by atoms with Crippen LogP contribution in [0.2, 0.25) is 0 Å². The number of hydrogen-bond acceptors (Lipinski definition) is 3. The molecule has 1 aliphatic heterocycles. The Labute approximate surface area is 90.4 Å². The summed E-state index contributed by atoms with van der Waals surface area (Å²) in [5, 5.41) is 6.45. The van der Waals surface area contributed by atoms with Gasteiger partial charge in [0.2, 0.25) is 5.91 Å². The average Bonchev–Trinajstić information content (AvgIpc) is 2.69. The predicted molar refractivity (Wildman–Crippen MR) is 61.6 cm³/mol. The van der Waals surface area contributed by atoms with Gasteiger partial charge in [0.1, 0.15) is 0 Å². The molecule has 0 aromatic carbocycles. The van der Waals surface area contributed by atoms with Gasteiger partial charge in [-0.2, -0.15) is 11.8 Å². The summed E-state index contributed by atoms with van der Waals surface area (Å²) in [5.41, 5.74) is 0. The molecule has 2 N–H and O–H groups in total. The van der Waals surface area contributed by atoms with Gasteiger partial charge >= 0.3 is 0 Å². The Kier molecular flexibility index (Phi) is 5.33. The first kappa shape index (κ1) is 11.9. The lowest BCUT2D eigenvalue weighted by atomic mass is 10.1. The van der Waals surface area contributed by atoms with Crippen molar-refractivity contribution in [2.24, 2.45) is 0 Å². The zero-order chi connectivity index (χ0) is 10.4. The molecular weight excluding hydrogens is 196 g/mol. The SMILES string of the molecule is CSC(C)C(=O)NCC[C@H]1CCCN1. The van der Waals surface area contributed by atoms with Crippen molar-refractivity contribution < 1.29 is 4.79 Å². The molecule has 0 bridgehead atoms. The van der Waals surface area contributed by atoms with Crippen molar-refractivity contribution in [2.75, 3.05) is 19.3 Å². The molecule has 14 heavy (non-hydrogen) atoms. The Hall–Kier alpha value is -0.220. The van der Waals surface area contributed by atoms with Crippen molar-refractivity contribution in [1.82, 2.24) is 10.6 Å². The van der Waals surface area contributed by atoms with Crippen LogP contribution in [0.4, 0.5) is 0 Å². The van der Waals surface area contributed by atoms with E-state index in [1.54, 1.807) is 11.8 Å². The molecule has 0 saturated carbocycles. The zero-order valence-corrected chi connectivity index (χ0v) is 9.82. The summed E-state index contributed by atoms with van der Waals surface area (Å²) >= 11 is 1.59. The first-order valence-corrected chi connectivity index (χ1v) is 6.56. The van der Waals surface area contributed by atoms with Gasteiger partial charge < -0.3 is 10.6 Å². The number of nitrogens with one attached hydrogen (secondary N) is 2. The molecule has 1 saturated heterocycles. The Morgan fingerprint density at radius 2 is 2.50 bits per heavy atom. The lowest BCUT2D eigenvalue weighted by Gasteiger charge is -2.12. The lowest BCUT2D eigenvalue weighted by Crippen LogP contribution is -2.34. The summed E-state index contributed by atoms with van der Waals surface area (Å²) in [5.74, 6) is 0.162. The van der Waals surface area contributed by atoms with Crippen LogP contribution >= 0.6 is 11.8 Å². The molecule has 1 aliphatic rings. The summed E-state index contributed by atoms with van der Waals surface area (Å²) in [6, 6.07) is 0.625. The molecule has 3 nitrogen and oxygen atoms in total. The number of rotatable bonds is 5. The van der Waals surface area contributed by atoms with Crippen molar-refractivity contribution in [1.29, 1.82) is 0 Å². The molecule has 0 aromatic rings. The fourth-order valence-corrected chi connectivity index (χ4v) is 1.92. The van der Waals surface area contributed by atoms with Gasteiger partial charge in [-0.05, 0) is 39.0 Å². The maximum atomic E-state index is 11.4. The quantitative estimate of drug-likeness (QED) is 0.720. The second-order valence-electron chi connectivity index (χ2n) is 3.75. The van der Waals surface area contributed by atoms with E-state index in [1.165, 1.54) is 12.8 Å². The van der Waals surface area contributed by atoms with E-state index in [0.29, 0.717) is 6.04 Å². The Morgan fingerprint density at radius 1 is 1.71 bits per heavy atom. The first-order chi connectivity index (χ1) is 6.74. The van der Waals surface area contributed by atoms with Crippen molar-refractivity contribution >= 4 is 17.7 Å². The van der Waals surface area contributed by atoms with Crippen LogP contribution in [0.1, 0.15) is 26.2 Å². The number of amides is 1. The van der Waals surface area contributed by atoms with E-state index in [0.717, 1.165) is 19.5 Å². The van der Waals surface area contributed by atoms with E-state index < -0.39 is 0 Å². The van der Waals surface area contributed by atoms with Crippen molar-refractivity contribution in [3.8, 4) is 0 Å². The third kappa shape index (κ3) is 3.88. The molecule has 82 valence electrons. The van der Waals surface area contributed by atoms with Crippen molar-refractivity contribution in [2.45, 2.75) is 37.5 Å². The highest BCUT2D eigenvalue weighted by Crippen LogP contribution is 2.08. The van der Waals surface area contributed by atoms with E-state index in [9.17, 15) is 4.79 Å². The molecule has 1 rings (SSSR count). The average molecular weight is 216 g/mol. The van der Waals surface area contributed by atoms with E-state index in [4.69, 9.17) is 0 Å². The molecule has 0 radical (unpaired) electrons. The largest absolute Gasteiger partial charge is 0.355 e. The van der Waals surface area contributed by atoms with Gasteiger partial charge in [-0.25, -0.2) is 0 Å². The molecule has 1 unspecified atom stereocenters. The number of thioether (sulfide) groups is 1. The minimum absolute atomic E-state index is 0.0755. The number of carbonyl (C=O) groups is 1. The highest BCUT2D eigenvalue weighted by molar-refractivity contribution is 7.99. The van der Waals surface area contributed by atoms with Crippen LogP contribution in [-0.2, 0) is 4.79 Å². The fraction of sp³-hybridized carbons (Fsp3) is 0.900. The van der Waals surface area contributed by atoms with Crippen LogP contribution < -0.4 is 10.6 Å². The third-order valence-electron chi connectivity index (χ3n) is 2.68. The summed E-state index contributed by atoms with van der Waals surface area (Å²) in [7, 11) is 0. The summed E-state index contributed by atoms with van der Waals surface area (Å²) in [4.78, 5) is 11.4. The van der Waals surface area contributed by atoms with Crippen LogP contribution in [-0.4, -0.2) is 36.5 Å². The van der Waals surface area contributed by atoms with Gasteiger partial charge in [0, 0.05) is 12.6 Å². The lowest BCUT2D eigenvalue weighted by molar-refractivity contribution is -0.120. The monoisotopic (exact) mass is 216 g/mol. The minimum atomic E-state index is 0.0755. The van der Waals surface area contributed by atoms with Gasteiger partial charge in [-0.1, -0.05) is 0 Å². The first-order valence-electron chi connectivity index (χ1n) is 5.28. The molecule has 1 fully saturated rings. The summed E-state index contributed by atoms with van der Waals surface area (Å²) < 4.78 is 0. The topological polar surface area (TPSA) is 41.1 Å². The smallest absolute Gasteiger partial charge is 0.232 e. The fourth-order valence-electron chi connectivity index (χ4n) is 1.62. The second kappa shape index (κ2) is 6.30. The highest BCUT2D eigenvalue weighted by atomic mass is 32.2. The Bertz CT molecular complexity index is 181. The van der Waals surface area contributed by atoms with Crippen molar-refractivity contribution in [3.63, 3.8) is 0 Å². The molecular formula is C10H20N2OS. The Morgan fingerprint density at radius 3 is 3.07 bits per heavy atom. The van der Waals surface area contributed by atoms with Crippen LogP contribution in [0.25, 0.3) is 0 Å². The maximum Gasteiger partial charge on any atom is 0.232 e. The zero-order valence-electron chi connectivity index (χ0n) is 9.01. The molecule has 0 aliphatic carbocycles. The number of hydrogen-bond donors (Lipinski definition) is 2. The molecule has 2 atom stereocenters. The standard InChI is InChI=1S/C10H20N2OS/c1-8(14-2)10(13)12-7-5-9-4-3-6-11-9/h8-9,11H,3-7H2,1-2H3,(H,12,13)/t8?,9-/m1/s1. The van der Waals surface area contributed by atoms with Gasteiger partial charge in [0.25, 0.3) is 0 Å². The number of carbonyl (C=O) groups excluding carboxylic acids is 1. The Balaban J connectivity index is 2.05. The van der Waals surface area contributed by atoms with E-state index in [-0.39, 0.29) is 11.2 Å². The predicted octanol–water partition coefficient (Wildman–Crippen LogP) is 0.996.